The maximum Gasteiger partial charge on any atom is 0.326 e. The van der Waals surface area contributed by atoms with Gasteiger partial charge in [-0.1, -0.05) is 97.9 Å². The van der Waals surface area contributed by atoms with Gasteiger partial charge >= 0.3 is 17.9 Å². The van der Waals surface area contributed by atoms with E-state index < -0.39 is 71.9 Å². The summed E-state index contributed by atoms with van der Waals surface area (Å²) in [4.78, 5) is 65.6. The summed E-state index contributed by atoms with van der Waals surface area (Å²) in [6.45, 7) is 2.77. The van der Waals surface area contributed by atoms with E-state index in [1.54, 1.807) is 37.3 Å². The number of carboxylic acid groups (broad SMARTS) is 1. The first-order chi connectivity index (χ1) is 20.2. The van der Waals surface area contributed by atoms with E-state index in [1.165, 1.54) is 6.92 Å². The lowest BCUT2D eigenvalue weighted by molar-refractivity contribution is -0.167. The van der Waals surface area contributed by atoms with Crippen LogP contribution in [0.4, 0.5) is 0 Å². The van der Waals surface area contributed by atoms with Crippen LogP contribution in [0.3, 0.4) is 0 Å². The summed E-state index contributed by atoms with van der Waals surface area (Å²) in [7, 11) is 0. The predicted molar refractivity (Wildman–Crippen MR) is 149 cm³/mol. The van der Waals surface area contributed by atoms with Gasteiger partial charge in [-0.3, -0.25) is 19.2 Å². The third-order valence-corrected chi connectivity index (χ3v) is 7.76. The standard InChI is InChI=1S/C32H30N2O8/c1-18-25(31(38)39)34-26(27(18)41-19(2)35)24(30(34)37)33-29(36)23(20-12-6-3-7-13-20)32(40)42-28(21-14-8-4-9-15-21)22-16-10-5-11-17-22/h3-18,23-28H,1-2H3,(H,33,36)(H,38,39)/t18?,23?,24?,25?,26-,27?/m0/s1. The number of carbonyl (C=O) groups excluding carboxylic acids is 4. The molecule has 3 aromatic rings. The highest BCUT2D eigenvalue weighted by Gasteiger charge is 2.65. The summed E-state index contributed by atoms with van der Waals surface area (Å²) < 4.78 is 11.4. The average molecular weight is 571 g/mol. The lowest BCUT2D eigenvalue weighted by atomic mass is 9.90. The van der Waals surface area contributed by atoms with Gasteiger partial charge in [0.05, 0.1) is 6.04 Å². The molecule has 2 aliphatic rings. The van der Waals surface area contributed by atoms with Crippen LogP contribution in [-0.2, 0) is 33.4 Å². The van der Waals surface area contributed by atoms with Gasteiger partial charge < -0.3 is 24.8 Å². The number of fused-ring (bicyclic) bond motifs is 1. The topological polar surface area (TPSA) is 139 Å². The minimum Gasteiger partial charge on any atom is -0.480 e. The molecule has 2 saturated heterocycles. The van der Waals surface area contributed by atoms with Crippen LogP contribution >= 0.6 is 0 Å². The van der Waals surface area contributed by atoms with Crippen molar-refractivity contribution in [2.45, 2.75) is 50.1 Å². The fourth-order valence-corrected chi connectivity index (χ4v) is 5.85. The smallest absolute Gasteiger partial charge is 0.326 e. The van der Waals surface area contributed by atoms with Gasteiger partial charge in [0.1, 0.15) is 18.2 Å². The quantitative estimate of drug-likeness (QED) is 0.228. The van der Waals surface area contributed by atoms with Crippen LogP contribution in [0.25, 0.3) is 0 Å². The number of esters is 2. The molecule has 2 N–H and O–H groups in total. The molecule has 2 aliphatic heterocycles. The first-order valence-electron chi connectivity index (χ1n) is 13.6. The predicted octanol–water partition coefficient (Wildman–Crippen LogP) is 2.83. The molecule has 5 unspecified atom stereocenters. The molecule has 6 atom stereocenters. The number of amides is 2. The Hall–Kier alpha value is -4.99. The third-order valence-electron chi connectivity index (χ3n) is 7.76. The summed E-state index contributed by atoms with van der Waals surface area (Å²) in [5.41, 5.74) is 1.76. The van der Waals surface area contributed by atoms with Gasteiger partial charge in [0.25, 0.3) is 0 Å². The van der Waals surface area contributed by atoms with E-state index in [1.807, 2.05) is 60.7 Å². The van der Waals surface area contributed by atoms with Gasteiger partial charge in [-0.2, -0.15) is 0 Å². The number of β-lactam (4-membered cyclic amide) rings is 1. The second-order valence-electron chi connectivity index (χ2n) is 10.4. The zero-order chi connectivity index (χ0) is 30.0. The molecule has 0 radical (unpaired) electrons. The Balaban J connectivity index is 1.43. The molecule has 0 spiro atoms. The Bertz CT molecular complexity index is 1440. The number of aliphatic carboxylic acids is 1. The van der Waals surface area contributed by atoms with Crippen molar-refractivity contribution in [3.05, 3.63) is 108 Å². The number of nitrogens with zero attached hydrogens (tertiary/aromatic N) is 1. The van der Waals surface area contributed by atoms with Crippen molar-refractivity contribution in [1.82, 2.24) is 10.2 Å². The molecular weight excluding hydrogens is 540 g/mol. The van der Waals surface area contributed by atoms with Crippen LogP contribution in [0.2, 0.25) is 0 Å². The second-order valence-corrected chi connectivity index (χ2v) is 10.4. The number of ether oxygens (including phenoxy) is 2. The molecular formula is C32H30N2O8. The normalized spacial score (nSPS) is 23.4. The molecule has 10 heteroatoms. The van der Waals surface area contributed by atoms with Crippen molar-refractivity contribution in [1.29, 1.82) is 0 Å². The van der Waals surface area contributed by atoms with E-state index in [9.17, 15) is 29.1 Å². The maximum atomic E-state index is 13.8. The first-order valence-corrected chi connectivity index (χ1v) is 13.6. The Morgan fingerprint density at radius 3 is 1.81 bits per heavy atom. The average Bonchev–Trinajstić information content (AvgIpc) is 3.24. The summed E-state index contributed by atoms with van der Waals surface area (Å²) in [6, 6.07) is 23.3. The third kappa shape index (κ3) is 5.35. The van der Waals surface area contributed by atoms with E-state index >= 15 is 0 Å². The molecule has 10 nitrogen and oxygen atoms in total. The molecule has 0 aromatic heterocycles. The van der Waals surface area contributed by atoms with Crippen LogP contribution < -0.4 is 5.32 Å². The van der Waals surface area contributed by atoms with Crippen molar-refractivity contribution >= 4 is 29.7 Å². The van der Waals surface area contributed by atoms with Crippen molar-refractivity contribution in [3.8, 4) is 0 Å². The first kappa shape index (κ1) is 28.5. The summed E-state index contributed by atoms with van der Waals surface area (Å²) in [5, 5.41) is 12.4. The van der Waals surface area contributed by atoms with E-state index in [2.05, 4.69) is 5.32 Å². The highest BCUT2D eigenvalue weighted by molar-refractivity contribution is 6.06. The molecule has 5 rings (SSSR count). The van der Waals surface area contributed by atoms with Gasteiger partial charge in [0, 0.05) is 12.8 Å². The van der Waals surface area contributed by atoms with Crippen molar-refractivity contribution in [2.24, 2.45) is 5.92 Å². The Morgan fingerprint density at radius 1 is 0.833 bits per heavy atom. The van der Waals surface area contributed by atoms with Gasteiger partial charge in [-0.25, -0.2) is 4.79 Å². The van der Waals surface area contributed by atoms with Crippen LogP contribution in [0.1, 0.15) is 42.6 Å². The molecule has 0 aliphatic carbocycles. The van der Waals surface area contributed by atoms with Crippen molar-refractivity contribution < 1.29 is 38.6 Å². The Labute approximate surface area is 242 Å². The molecule has 42 heavy (non-hydrogen) atoms. The maximum absolute atomic E-state index is 13.8. The van der Waals surface area contributed by atoms with Crippen LogP contribution in [0.15, 0.2) is 91.0 Å². The number of rotatable bonds is 9. The van der Waals surface area contributed by atoms with Gasteiger partial charge in [-0.05, 0) is 16.7 Å². The summed E-state index contributed by atoms with van der Waals surface area (Å²) in [5.74, 6) is -6.29. The Kier molecular flexibility index (Phi) is 8.06. The zero-order valence-corrected chi connectivity index (χ0v) is 23.0. The lowest BCUT2D eigenvalue weighted by Gasteiger charge is -2.45. The number of carboxylic acids is 1. The van der Waals surface area contributed by atoms with E-state index in [4.69, 9.17) is 9.47 Å². The van der Waals surface area contributed by atoms with Crippen LogP contribution in [-0.4, -0.2) is 64.0 Å². The second kappa shape index (κ2) is 11.9. The largest absolute Gasteiger partial charge is 0.480 e. The fourth-order valence-electron chi connectivity index (χ4n) is 5.85. The minimum atomic E-state index is -1.44. The number of hydrogen-bond acceptors (Lipinski definition) is 7. The highest BCUT2D eigenvalue weighted by atomic mass is 16.5. The van der Waals surface area contributed by atoms with Gasteiger partial charge in [0.2, 0.25) is 11.8 Å². The molecule has 2 heterocycles. The molecule has 216 valence electrons. The summed E-state index contributed by atoms with van der Waals surface area (Å²) >= 11 is 0. The van der Waals surface area contributed by atoms with E-state index in [0.717, 1.165) is 4.90 Å². The minimum absolute atomic E-state index is 0.350. The van der Waals surface area contributed by atoms with Crippen molar-refractivity contribution in [2.75, 3.05) is 0 Å². The molecule has 2 amide bonds. The highest BCUT2D eigenvalue weighted by Crippen LogP contribution is 2.41. The van der Waals surface area contributed by atoms with Gasteiger partial charge in [-0.15, -0.1) is 0 Å². The van der Waals surface area contributed by atoms with Crippen molar-refractivity contribution in [3.63, 3.8) is 0 Å². The number of hydrogen-bond donors (Lipinski definition) is 2. The molecule has 0 saturated carbocycles. The van der Waals surface area contributed by atoms with E-state index in [-0.39, 0.29) is 0 Å². The zero-order valence-electron chi connectivity index (χ0n) is 23.0. The Morgan fingerprint density at radius 2 is 1.33 bits per heavy atom. The number of carbonyl (C=O) groups is 5. The SMILES string of the molecule is CC(=O)OC1C(C)C(C(=O)O)N2C(=O)C(NC(=O)C(C(=O)OC(c3ccccc3)c3ccccc3)c3ccccc3)[C@@H]12. The fraction of sp³-hybridized carbons (Fsp3) is 0.281. The summed E-state index contributed by atoms with van der Waals surface area (Å²) in [6.07, 6.45) is -1.76. The number of benzene rings is 3. The number of nitrogens with one attached hydrogen (secondary N) is 1. The molecule has 0 bridgehead atoms. The van der Waals surface area contributed by atoms with E-state index in [0.29, 0.717) is 16.7 Å². The molecule has 3 aromatic carbocycles. The van der Waals surface area contributed by atoms with Crippen LogP contribution in [0.5, 0.6) is 0 Å². The monoisotopic (exact) mass is 570 g/mol. The molecule has 2 fully saturated rings. The van der Waals surface area contributed by atoms with Gasteiger partial charge in [0.15, 0.2) is 12.0 Å². The lowest BCUT2D eigenvalue weighted by Crippen LogP contribution is -2.73. The van der Waals surface area contributed by atoms with Crippen LogP contribution in [0, 0.1) is 5.92 Å².